The first kappa shape index (κ1) is 10.9. The van der Waals surface area contributed by atoms with Crippen molar-refractivity contribution in [1.29, 1.82) is 0 Å². The standard InChI is InChI=1S/C7H14N2O3/c1-3-6(10)12-7(11)9-5-4-8-2/h8H,3-5H2,1-2H3,(H,9,11). The molecule has 0 fully saturated rings. The highest BCUT2D eigenvalue weighted by Crippen LogP contribution is 1.84. The van der Waals surface area contributed by atoms with Gasteiger partial charge in [0.1, 0.15) is 0 Å². The normalized spacial score (nSPS) is 9.17. The van der Waals surface area contributed by atoms with Crippen LogP contribution < -0.4 is 10.6 Å². The molecule has 70 valence electrons. The number of hydrogen-bond donors (Lipinski definition) is 2. The van der Waals surface area contributed by atoms with Crippen LogP contribution in [0.15, 0.2) is 0 Å². The molecule has 1 amide bonds. The summed E-state index contributed by atoms with van der Waals surface area (Å²) < 4.78 is 4.33. The van der Waals surface area contributed by atoms with Crippen molar-refractivity contribution in [3.8, 4) is 0 Å². The number of alkyl carbamates (subject to hydrolysis) is 1. The lowest BCUT2D eigenvalue weighted by molar-refractivity contribution is -0.136. The summed E-state index contributed by atoms with van der Waals surface area (Å²) in [5.74, 6) is -0.517. The highest BCUT2D eigenvalue weighted by Gasteiger charge is 2.05. The van der Waals surface area contributed by atoms with E-state index in [1.807, 2.05) is 0 Å². The average molecular weight is 174 g/mol. The van der Waals surface area contributed by atoms with Crippen LogP contribution >= 0.6 is 0 Å². The van der Waals surface area contributed by atoms with Crippen molar-refractivity contribution >= 4 is 12.1 Å². The highest BCUT2D eigenvalue weighted by atomic mass is 16.6. The van der Waals surface area contributed by atoms with Gasteiger partial charge >= 0.3 is 12.1 Å². The largest absolute Gasteiger partial charge is 0.414 e. The molecule has 0 saturated heterocycles. The van der Waals surface area contributed by atoms with Gasteiger partial charge in [0.25, 0.3) is 0 Å². The second-order valence-corrected chi connectivity index (χ2v) is 2.15. The second-order valence-electron chi connectivity index (χ2n) is 2.15. The van der Waals surface area contributed by atoms with Gasteiger partial charge in [0.05, 0.1) is 0 Å². The van der Waals surface area contributed by atoms with Gasteiger partial charge in [-0.25, -0.2) is 4.79 Å². The topological polar surface area (TPSA) is 67.4 Å². The number of rotatable bonds is 4. The number of esters is 1. The maximum absolute atomic E-state index is 10.7. The summed E-state index contributed by atoms with van der Waals surface area (Å²) >= 11 is 0. The predicted molar refractivity (Wildman–Crippen MR) is 43.7 cm³/mol. The fourth-order valence-corrected chi connectivity index (χ4v) is 0.501. The quantitative estimate of drug-likeness (QED) is 0.354. The third-order valence-corrected chi connectivity index (χ3v) is 1.14. The zero-order chi connectivity index (χ0) is 9.40. The van der Waals surface area contributed by atoms with Crippen molar-refractivity contribution in [3.63, 3.8) is 0 Å². The van der Waals surface area contributed by atoms with E-state index in [1.54, 1.807) is 14.0 Å². The van der Waals surface area contributed by atoms with Gasteiger partial charge in [0.15, 0.2) is 0 Å². The molecule has 0 unspecified atom stereocenters. The van der Waals surface area contributed by atoms with E-state index in [0.717, 1.165) is 0 Å². The lowest BCUT2D eigenvalue weighted by Gasteiger charge is -2.03. The van der Waals surface area contributed by atoms with Crippen LogP contribution in [0.4, 0.5) is 4.79 Å². The summed E-state index contributed by atoms with van der Waals surface area (Å²) in [5, 5.41) is 5.24. The Kier molecular flexibility index (Phi) is 6.00. The number of likely N-dealkylation sites (N-methyl/N-ethyl adjacent to an activating group) is 1. The molecule has 0 aromatic carbocycles. The van der Waals surface area contributed by atoms with Gasteiger partial charge in [0, 0.05) is 19.5 Å². The van der Waals surface area contributed by atoms with E-state index in [-0.39, 0.29) is 6.42 Å². The molecule has 12 heavy (non-hydrogen) atoms. The van der Waals surface area contributed by atoms with Crippen molar-refractivity contribution in [1.82, 2.24) is 10.6 Å². The van der Waals surface area contributed by atoms with Gasteiger partial charge in [-0.15, -0.1) is 0 Å². The van der Waals surface area contributed by atoms with Gasteiger partial charge in [0.2, 0.25) is 0 Å². The molecule has 0 aromatic heterocycles. The fraction of sp³-hybridized carbons (Fsp3) is 0.714. The first-order chi connectivity index (χ1) is 5.70. The Bertz CT molecular complexity index is 159. The van der Waals surface area contributed by atoms with Crippen LogP contribution in [0, 0.1) is 0 Å². The fourth-order valence-electron chi connectivity index (χ4n) is 0.501. The zero-order valence-corrected chi connectivity index (χ0v) is 7.35. The molecule has 0 rings (SSSR count). The molecule has 0 aliphatic carbocycles. The SMILES string of the molecule is CCC(=O)OC(=O)NCCNC. The summed E-state index contributed by atoms with van der Waals surface area (Å²) in [5.41, 5.74) is 0. The summed E-state index contributed by atoms with van der Waals surface area (Å²) in [6.07, 6.45) is -0.475. The van der Waals surface area contributed by atoms with Crippen molar-refractivity contribution in [2.45, 2.75) is 13.3 Å². The minimum Gasteiger partial charge on any atom is -0.376 e. The van der Waals surface area contributed by atoms with Gasteiger partial charge in [-0.3, -0.25) is 4.79 Å². The minimum atomic E-state index is -0.683. The maximum Gasteiger partial charge on any atom is 0.414 e. The van der Waals surface area contributed by atoms with Crippen LogP contribution in [-0.2, 0) is 9.53 Å². The molecule has 0 radical (unpaired) electrons. The monoisotopic (exact) mass is 174 g/mol. The molecule has 0 saturated carbocycles. The molecule has 0 aromatic rings. The summed E-state index contributed by atoms with van der Waals surface area (Å²) in [6.45, 7) is 2.73. The Morgan fingerprint density at radius 3 is 2.50 bits per heavy atom. The smallest absolute Gasteiger partial charge is 0.376 e. The number of hydrogen-bond acceptors (Lipinski definition) is 4. The van der Waals surface area contributed by atoms with E-state index < -0.39 is 12.1 Å². The predicted octanol–water partition coefficient (Wildman–Crippen LogP) is -0.131. The van der Waals surface area contributed by atoms with Gasteiger partial charge < -0.3 is 15.4 Å². The van der Waals surface area contributed by atoms with Crippen LogP contribution in [0.2, 0.25) is 0 Å². The van der Waals surface area contributed by atoms with Crippen LogP contribution in [0.3, 0.4) is 0 Å². The second kappa shape index (κ2) is 6.60. The van der Waals surface area contributed by atoms with E-state index >= 15 is 0 Å². The Morgan fingerprint density at radius 1 is 1.33 bits per heavy atom. The lowest BCUT2D eigenvalue weighted by Crippen LogP contribution is -2.32. The minimum absolute atomic E-state index is 0.208. The van der Waals surface area contributed by atoms with E-state index in [1.165, 1.54) is 0 Å². The Labute approximate surface area is 71.5 Å². The highest BCUT2D eigenvalue weighted by molar-refractivity contribution is 5.84. The zero-order valence-electron chi connectivity index (χ0n) is 7.35. The lowest BCUT2D eigenvalue weighted by atomic mass is 10.5. The molecular weight excluding hydrogens is 160 g/mol. The first-order valence-corrected chi connectivity index (χ1v) is 3.83. The maximum atomic E-state index is 10.7. The molecule has 0 atom stereocenters. The van der Waals surface area contributed by atoms with E-state index in [9.17, 15) is 9.59 Å². The van der Waals surface area contributed by atoms with Crippen LogP contribution in [0.25, 0.3) is 0 Å². The molecule has 0 aliphatic rings. The number of amides is 1. The summed E-state index contributed by atoms with van der Waals surface area (Å²) in [6, 6.07) is 0. The summed E-state index contributed by atoms with van der Waals surface area (Å²) in [7, 11) is 1.77. The number of ether oxygens (including phenoxy) is 1. The number of nitrogens with one attached hydrogen (secondary N) is 2. The molecule has 0 spiro atoms. The first-order valence-electron chi connectivity index (χ1n) is 3.83. The van der Waals surface area contributed by atoms with Crippen molar-refractivity contribution in [2.75, 3.05) is 20.1 Å². The molecule has 0 bridgehead atoms. The van der Waals surface area contributed by atoms with Crippen LogP contribution in [0.5, 0.6) is 0 Å². The molecular formula is C7H14N2O3. The molecule has 0 heterocycles. The molecule has 5 nitrogen and oxygen atoms in total. The number of carbonyl (C=O) groups is 2. The van der Waals surface area contributed by atoms with E-state index in [2.05, 4.69) is 15.4 Å². The van der Waals surface area contributed by atoms with Crippen LogP contribution in [0.1, 0.15) is 13.3 Å². The number of carbonyl (C=O) groups excluding carboxylic acids is 2. The third-order valence-electron chi connectivity index (χ3n) is 1.14. The van der Waals surface area contributed by atoms with Gasteiger partial charge in [-0.2, -0.15) is 0 Å². The van der Waals surface area contributed by atoms with Gasteiger partial charge in [-0.1, -0.05) is 6.92 Å². The Morgan fingerprint density at radius 2 is 2.00 bits per heavy atom. The van der Waals surface area contributed by atoms with E-state index in [4.69, 9.17) is 0 Å². The van der Waals surface area contributed by atoms with Crippen molar-refractivity contribution in [2.24, 2.45) is 0 Å². The van der Waals surface area contributed by atoms with Crippen LogP contribution in [-0.4, -0.2) is 32.2 Å². The molecule has 5 heteroatoms. The Balaban J connectivity index is 3.40. The van der Waals surface area contributed by atoms with Crippen molar-refractivity contribution in [3.05, 3.63) is 0 Å². The molecule has 2 N–H and O–H groups in total. The van der Waals surface area contributed by atoms with E-state index in [0.29, 0.717) is 13.1 Å². The molecule has 0 aliphatic heterocycles. The third kappa shape index (κ3) is 5.67. The van der Waals surface area contributed by atoms with Crippen molar-refractivity contribution < 1.29 is 14.3 Å². The van der Waals surface area contributed by atoms with Gasteiger partial charge in [-0.05, 0) is 7.05 Å². The average Bonchev–Trinajstić information content (AvgIpc) is 2.05. The summed E-state index contributed by atoms with van der Waals surface area (Å²) in [4.78, 5) is 21.3. The Hall–Kier alpha value is -1.10.